The molecule has 15 heavy (non-hydrogen) atoms. The van der Waals surface area contributed by atoms with Crippen molar-refractivity contribution in [3.8, 4) is 6.07 Å². The smallest absolute Gasteiger partial charge is 0.263 e. The maximum atomic E-state index is 13.2. The van der Waals surface area contributed by atoms with Crippen LogP contribution in [0.4, 0.5) is 4.39 Å². The van der Waals surface area contributed by atoms with Gasteiger partial charge in [-0.05, 0) is 12.2 Å². The van der Waals surface area contributed by atoms with Crippen molar-refractivity contribution in [2.45, 2.75) is 6.17 Å². The molecule has 0 saturated carbocycles. The number of allylic oxidation sites excluding steroid dienone is 4. The molecule has 0 radical (unpaired) electrons. The summed E-state index contributed by atoms with van der Waals surface area (Å²) in [6.45, 7) is 0. The van der Waals surface area contributed by atoms with Gasteiger partial charge in [-0.15, -0.1) is 0 Å². The molecule has 0 fully saturated rings. The lowest BCUT2D eigenvalue weighted by Gasteiger charge is -2.12. The molecule has 0 saturated heterocycles. The van der Waals surface area contributed by atoms with Crippen LogP contribution in [0.3, 0.4) is 0 Å². The maximum absolute atomic E-state index is 13.2. The van der Waals surface area contributed by atoms with Crippen LogP contribution >= 0.6 is 11.6 Å². The van der Waals surface area contributed by atoms with Gasteiger partial charge in [0.1, 0.15) is 18.9 Å². The Morgan fingerprint density at radius 2 is 2.47 bits per heavy atom. The normalized spacial score (nSPS) is 22.8. The number of carbonyl (C=O) groups is 1. The number of carbonyl (C=O) groups excluding carboxylic acids is 1. The predicted octanol–water partition coefficient (Wildman–Crippen LogP) is 1.48. The number of nitrogens with zero attached hydrogens (tertiary/aromatic N) is 2. The van der Waals surface area contributed by atoms with E-state index in [9.17, 15) is 9.18 Å². The fourth-order valence-corrected chi connectivity index (χ4v) is 1.32. The lowest BCUT2D eigenvalue weighted by molar-refractivity contribution is -0.110. The number of hydrogen-bond acceptors (Lipinski definition) is 4. The molecule has 0 amide bonds. The molecule has 0 aromatic heterocycles. The van der Waals surface area contributed by atoms with Gasteiger partial charge in [-0.1, -0.05) is 16.8 Å². The fourth-order valence-electron chi connectivity index (χ4n) is 1.03. The third-order valence-corrected chi connectivity index (χ3v) is 2.09. The Morgan fingerprint density at radius 3 is 3.00 bits per heavy atom. The van der Waals surface area contributed by atoms with Crippen molar-refractivity contribution >= 4 is 23.1 Å². The Balaban J connectivity index is 3.19. The fraction of sp³-hybridized carbons (Fsp3) is 0.222. The van der Waals surface area contributed by atoms with E-state index < -0.39 is 12.0 Å². The van der Waals surface area contributed by atoms with Crippen LogP contribution in [0.2, 0.25) is 0 Å². The first-order valence-electron chi connectivity index (χ1n) is 3.89. The summed E-state index contributed by atoms with van der Waals surface area (Å²) in [5.41, 5.74) is -0.288. The summed E-state index contributed by atoms with van der Waals surface area (Å²) in [6, 6.07) is 1.39. The predicted molar refractivity (Wildman–Crippen MR) is 52.0 cm³/mol. The van der Waals surface area contributed by atoms with E-state index in [0.717, 1.165) is 12.2 Å². The Bertz CT molecular complexity index is 420. The number of hydrogen-bond donors (Lipinski definition) is 0. The second-order valence-electron chi connectivity index (χ2n) is 2.59. The maximum Gasteiger partial charge on any atom is 0.263 e. The molecule has 6 heteroatoms. The quantitative estimate of drug-likeness (QED) is 0.531. The average Bonchev–Trinajstić information content (AvgIpc) is 2.23. The molecule has 1 aliphatic carbocycles. The second-order valence-corrected chi connectivity index (χ2v) is 2.97. The van der Waals surface area contributed by atoms with Gasteiger partial charge in [0.15, 0.2) is 6.17 Å². The standard InChI is InChI=1S/C9H6ClFN2O2/c1-15-13-9-6(11)3-2-5(8(9)10)7(14)4-12/h2-3,6H,1H3. The molecule has 0 spiro atoms. The van der Waals surface area contributed by atoms with E-state index in [2.05, 4.69) is 9.99 Å². The van der Waals surface area contributed by atoms with E-state index in [0.29, 0.717) is 0 Å². The molecule has 0 aliphatic heterocycles. The lowest BCUT2D eigenvalue weighted by Crippen LogP contribution is -2.20. The molecule has 0 aromatic carbocycles. The minimum absolute atomic E-state index is 0.0798. The summed E-state index contributed by atoms with van der Waals surface area (Å²) in [5, 5.41) is 11.6. The number of Topliss-reactive ketones (excluding diaryl/α,β-unsaturated/α-hetero) is 1. The van der Waals surface area contributed by atoms with Crippen molar-refractivity contribution in [2.75, 3.05) is 7.11 Å². The monoisotopic (exact) mass is 228 g/mol. The van der Waals surface area contributed by atoms with E-state index in [1.165, 1.54) is 13.2 Å². The van der Waals surface area contributed by atoms with Gasteiger partial charge in [0.2, 0.25) is 0 Å². The third-order valence-electron chi connectivity index (χ3n) is 1.69. The molecular weight excluding hydrogens is 223 g/mol. The van der Waals surface area contributed by atoms with Crippen LogP contribution in [-0.2, 0) is 9.63 Å². The van der Waals surface area contributed by atoms with Crippen LogP contribution in [-0.4, -0.2) is 24.8 Å². The molecule has 1 aliphatic rings. The molecule has 4 nitrogen and oxygen atoms in total. The van der Waals surface area contributed by atoms with E-state index in [4.69, 9.17) is 16.9 Å². The number of nitriles is 1. The molecule has 0 aromatic rings. The highest BCUT2D eigenvalue weighted by atomic mass is 35.5. The summed E-state index contributed by atoms with van der Waals surface area (Å²) in [5.74, 6) is -0.841. The Kier molecular flexibility index (Phi) is 3.58. The molecule has 78 valence electrons. The van der Waals surface area contributed by atoms with Crippen molar-refractivity contribution < 1.29 is 14.0 Å². The van der Waals surface area contributed by atoms with Gasteiger partial charge in [-0.25, -0.2) is 4.39 Å². The number of rotatable bonds is 2. The van der Waals surface area contributed by atoms with Crippen molar-refractivity contribution in [1.29, 1.82) is 5.26 Å². The second kappa shape index (κ2) is 4.71. The summed E-state index contributed by atoms with van der Waals surface area (Å²) >= 11 is 5.70. The zero-order chi connectivity index (χ0) is 11.4. The molecule has 0 bridgehead atoms. The third kappa shape index (κ3) is 2.22. The van der Waals surface area contributed by atoms with Crippen molar-refractivity contribution in [3.05, 3.63) is 22.8 Å². The summed E-state index contributed by atoms with van der Waals surface area (Å²) in [6.07, 6.45) is 0.703. The number of halogens is 2. The van der Waals surface area contributed by atoms with Crippen LogP contribution in [0.15, 0.2) is 27.9 Å². The van der Waals surface area contributed by atoms with Gasteiger partial charge in [-0.2, -0.15) is 5.26 Å². The minimum atomic E-state index is -1.53. The molecule has 1 rings (SSSR count). The highest BCUT2D eigenvalue weighted by Gasteiger charge is 2.26. The van der Waals surface area contributed by atoms with E-state index in [1.807, 2.05) is 0 Å². The van der Waals surface area contributed by atoms with E-state index in [1.54, 1.807) is 0 Å². The van der Waals surface area contributed by atoms with Crippen molar-refractivity contribution in [1.82, 2.24) is 0 Å². The zero-order valence-electron chi connectivity index (χ0n) is 7.70. The molecule has 1 unspecified atom stereocenters. The number of ketones is 1. The Labute approximate surface area is 90.3 Å². The van der Waals surface area contributed by atoms with Crippen molar-refractivity contribution in [2.24, 2.45) is 5.16 Å². The van der Waals surface area contributed by atoms with Crippen molar-refractivity contribution in [3.63, 3.8) is 0 Å². The van der Waals surface area contributed by atoms with Gasteiger partial charge in [0, 0.05) is 0 Å². The van der Waals surface area contributed by atoms with Crippen LogP contribution < -0.4 is 0 Å². The first kappa shape index (κ1) is 11.4. The molecular formula is C9H6ClFN2O2. The molecule has 1 atom stereocenters. The van der Waals surface area contributed by atoms with Gasteiger partial charge in [0.05, 0.1) is 10.6 Å². The molecule has 0 N–H and O–H groups in total. The lowest BCUT2D eigenvalue weighted by atomic mass is 10.0. The highest BCUT2D eigenvalue weighted by molar-refractivity contribution is 6.47. The van der Waals surface area contributed by atoms with Crippen LogP contribution in [0, 0.1) is 11.3 Å². The SMILES string of the molecule is CON=C1C(Cl)=C(C(=O)C#N)C=CC1F. The van der Waals surface area contributed by atoms with Gasteiger partial charge < -0.3 is 4.84 Å². The van der Waals surface area contributed by atoms with E-state index in [-0.39, 0.29) is 16.3 Å². The average molecular weight is 229 g/mol. The largest absolute Gasteiger partial charge is 0.399 e. The van der Waals surface area contributed by atoms with E-state index >= 15 is 0 Å². The van der Waals surface area contributed by atoms with Crippen LogP contribution in [0.1, 0.15) is 0 Å². The van der Waals surface area contributed by atoms with Crippen LogP contribution in [0.25, 0.3) is 0 Å². The highest BCUT2D eigenvalue weighted by Crippen LogP contribution is 2.23. The number of alkyl halides is 1. The van der Waals surface area contributed by atoms with Gasteiger partial charge >= 0.3 is 0 Å². The minimum Gasteiger partial charge on any atom is -0.399 e. The summed E-state index contributed by atoms with van der Waals surface area (Å²) < 4.78 is 13.2. The Morgan fingerprint density at radius 1 is 1.80 bits per heavy atom. The first-order chi connectivity index (χ1) is 7.11. The Hall–Kier alpha value is -1.67. The number of oxime groups is 1. The first-order valence-corrected chi connectivity index (χ1v) is 4.27. The van der Waals surface area contributed by atoms with Gasteiger partial charge in [0.25, 0.3) is 5.78 Å². The zero-order valence-corrected chi connectivity index (χ0v) is 8.45. The summed E-state index contributed by atoms with van der Waals surface area (Å²) in [7, 11) is 1.23. The summed E-state index contributed by atoms with van der Waals surface area (Å²) in [4.78, 5) is 15.4. The van der Waals surface area contributed by atoms with Gasteiger partial charge in [-0.3, -0.25) is 4.79 Å². The molecule has 0 heterocycles. The topological polar surface area (TPSA) is 62.4 Å². The van der Waals surface area contributed by atoms with Crippen LogP contribution in [0.5, 0.6) is 0 Å².